The minimum absolute atomic E-state index is 0.0552. The summed E-state index contributed by atoms with van der Waals surface area (Å²) < 4.78 is 5.64. The van der Waals surface area contributed by atoms with Crippen LogP contribution in [0.5, 0.6) is 5.75 Å². The maximum absolute atomic E-state index is 11.7. The van der Waals surface area contributed by atoms with E-state index in [2.05, 4.69) is 51.3 Å². The number of aryl methyl sites for hydroxylation is 1. The highest BCUT2D eigenvalue weighted by atomic mass is 16.5. The number of likely N-dealkylation sites (tertiary alicyclic amines) is 1. The second-order valence-corrected chi connectivity index (χ2v) is 7.27. The zero-order chi connectivity index (χ0) is 18.8. The van der Waals surface area contributed by atoms with Crippen LogP contribution in [-0.2, 0) is 6.54 Å². The summed E-state index contributed by atoms with van der Waals surface area (Å²) in [5.74, 6) is 2.00. The van der Waals surface area contributed by atoms with Crippen LogP contribution in [0.4, 0.5) is 0 Å². The molecule has 1 saturated heterocycles. The fourth-order valence-electron chi connectivity index (χ4n) is 4.09. The van der Waals surface area contributed by atoms with Gasteiger partial charge < -0.3 is 9.72 Å². The van der Waals surface area contributed by atoms with Crippen molar-refractivity contribution in [3.63, 3.8) is 0 Å². The number of hydrogen-bond donors (Lipinski definition) is 1. The predicted octanol–water partition coefficient (Wildman–Crippen LogP) is 3.62. The van der Waals surface area contributed by atoms with Gasteiger partial charge >= 0.3 is 0 Å². The number of nitrogens with one attached hydrogen (secondary N) is 1. The van der Waals surface area contributed by atoms with Crippen molar-refractivity contribution in [3.8, 4) is 5.75 Å². The molecule has 0 saturated carbocycles. The Morgan fingerprint density at radius 2 is 1.96 bits per heavy atom. The first kappa shape index (κ1) is 17.7. The Hall–Kier alpha value is -2.66. The van der Waals surface area contributed by atoms with Crippen LogP contribution in [0.3, 0.4) is 0 Å². The molecule has 1 aliphatic heterocycles. The average Bonchev–Trinajstić information content (AvgIpc) is 2.68. The maximum atomic E-state index is 11.7. The Kier molecular flexibility index (Phi) is 4.94. The van der Waals surface area contributed by atoms with E-state index in [4.69, 9.17) is 4.74 Å². The van der Waals surface area contributed by atoms with Crippen molar-refractivity contribution in [2.45, 2.75) is 32.2 Å². The van der Waals surface area contributed by atoms with E-state index in [1.807, 2.05) is 6.92 Å². The maximum Gasteiger partial charge on any atom is 0.251 e. The number of ether oxygens (including phenoxy) is 1. The smallest absolute Gasteiger partial charge is 0.251 e. The van der Waals surface area contributed by atoms with Gasteiger partial charge in [0.05, 0.1) is 12.8 Å². The number of H-pyrrole nitrogens is 1. The van der Waals surface area contributed by atoms with Crippen LogP contribution in [0.15, 0.2) is 47.3 Å². The molecule has 0 spiro atoms. The van der Waals surface area contributed by atoms with E-state index in [0.717, 1.165) is 43.9 Å². The molecule has 2 heterocycles. The summed E-state index contributed by atoms with van der Waals surface area (Å²) in [5, 5.41) is 2.50. The number of aromatic amines is 1. The van der Waals surface area contributed by atoms with E-state index >= 15 is 0 Å². The molecule has 2 aromatic carbocycles. The van der Waals surface area contributed by atoms with E-state index in [-0.39, 0.29) is 5.56 Å². The molecule has 1 fully saturated rings. The van der Waals surface area contributed by atoms with E-state index in [1.54, 1.807) is 13.2 Å². The number of hydrogen-bond acceptors (Lipinski definition) is 4. The fourth-order valence-corrected chi connectivity index (χ4v) is 4.09. The predicted molar refractivity (Wildman–Crippen MR) is 107 cm³/mol. The van der Waals surface area contributed by atoms with Gasteiger partial charge in [0, 0.05) is 24.1 Å². The second-order valence-electron chi connectivity index (χ2n) is 7.27. The fraction of sp³-hybridized carbons (Fsp3) is 0.364. The largest absolute Gasteiger partial charge is 0.496 e. The minimum atomic E-state index is -0.0552. The van der Waals surface area contributed by atoms with Crippen molar-refractivity contribution in [1.82, 2.24) is 14.9 Å². The van der Waals surface area contributed by atoms with Crippen LogP contribution < -0.4 is 10.3 Å². The number of benzene rings is 2. The Morgan fingerprint density at radius 3 is 2.70 bits per heavy atom. The molecule has 1 aliphatic rings. The molecule has 0 unspecified atom stereocenters. The standard InChI is InChI=1S/C22H25N3O2/c1-15-23-20(13-22(26)24-15)17-9-11-25(12-10-17)14-19-18-6-4-3-5-16(18)7-8-21(19)27-2/h3-8,13,17H,9-12,14H2,1-2H3,(H,23,24,26). The van der Waals surface area contributed by atoms with Gasteiger partial charge in [-0.15, -0.1) is 0 Å². The van der Waals surface area contributed by atoms with Crippen LogP contribution in [0, 0.1) is 6.92 Å². The first-order chi connectivity index (χ1) is 13.1. The Morgan fingerprint density at radius 1 is 1.19 bits per heavy atom. The summed E-state index contributed by atoms with van der Waals surface area (Å²) in [5.41, 5.74) is 2.12. The lowest BCUT2D eigenvalue weighted by Gasteiger charge is -2.32. The molecule has 0 aliphatic carbocycles. The summed E-state index contributed by atoms with van der Waals surface area (Å²) in [6.07, 6.45) is 2.03. The molecule has 0 amide bonds. The second kappa shape index (κ2) is 7.53. The molecule has 0 atom stereocenters. The van der Waals surface area contributed by atoms with Crippen molar-refractivity contribution in [3.05, 3.63) is 69.9 Å². The van der Waals surface area contributed by atoms with Crippen LogP contribution in [0.25, 0.3) is 10.8 Å². The molecule has 0 radical (unpaired) electrons. The average molecular weight is 363 g/mol. The lowest BCUT2D eigenvalue weighted by Crippen LogP contribution is -2.33. The zero-order valence-corrected chi connectivity index (χ0v) is 15.9. The summed E-state index contributed by atoms with van der Waals surface area (Å²) in [4.78, 5) is 21.5. The third kappa shape index (κ3) is 3.74. The summed E-state index contributed by atoms with van der Waals surface area (Å²) in [6.45, 7) is 4.70. The lowest BCUT2D eigenvalue weighted by molar-refractivity contribution is 0.201. The molecule has 5 heteroatoms. The number of fused-ring (bicyclic) bond motifs is 1. The van der Waals surface area contributed by atoms with Gasteiger partial charge in [-0.2, -0.15) is 0 Å². The van der Waals surface area contributed by atoms with Gasteiger partial charge in [-0.1, -0.05) is 30.3 Å². The third-order valence-corrected chi connectivity index (χ3v) is 5.48. The van der Waals surface area contributed by atoms with E-state index < -0.39 is 0 Å². The molecule has 4 rings (SSSR count). The number of aromatic nitrogens is 2. The van der Waals surface area contributed by atoms with Crippen molar-refractivity contribution >= 4 is 10.8 Å². The van der Waals surface area contributed by atoms with Crippen molar-refractivity contribution < 1.29 is 4.74 Å². The highest BCUT2D eigenvalue weighted by Gasteiger charge is 2.23. The van der Waals surface area contributed by atoms with Crippen LogP contribution in [0.2, 0.25) is 0 Å². The SMILES string of the molecule is COc1ccc2ccccc2c1CN1CCC(c2cc(=O)[nH]c(C)n2)CC1. The first-order valence-electron chi connectivity index (χ1n) is 9.49. The number of nitrogens with zero attached hydrogens (tertiary/aromatic N) is 2. The number of rotatable bonds is 4. The van der Waals surface area contributed by atoms with Crippen molar-refractivity contribution in [2.24, 2.45) is 0 Å². The van der Waals surface area contributed by atoms with Gasteiger partial charge in [-0.05, 0) is 49.7 Å². The minimum Gasteiger partial charge on any atom is -0.496 e. The summed E-state index contributed by atoms with van der Waals surface area (Å²) >= 11 is 0. The summed E-state index contributed by atoms with van der Waals surface area (Å²) in [6, 6.07) is 14.3. The molecule has 1 aromatic heterocycles. The van der Waals surface area contributed by atoms with E-state index in [9.17, 15) is 4.79 Å². The Balaban J connectivity index is 1.51. The van der Waals surface area contributed by atoms with E-state index in [1.165, 1.54) is 16.3 Å². The van der Waals surface area contributed by atoms with Crippen molar-refractivity contribution in [2.75, 3.05) is 20.2 Å². The molecule has 0 bridgehead atoms. The van der Waals surface area contributed by atoms with Gasteiger partial charge in [0.15, 0.2) is 0 Å². The quantitative estimate of drug-likeness (QED) is 0.769. The molecular formula is C22H25N3O2. The molecule has 27 heavy (non-hydrogen) atoms. The zero-order valence-electron chi connectivity index (χ0n) is 15.9. The van der Waals surface area contributed by atoms with Crippen LogP contribution in [0.1, 0.15) is 35.8 Å². The third-order valence-electron chi connectivity index (χ3n) is 5.48. The lowest BCUT2D eigenvalue weighted by atomic mass is 9.92. The van der Waals surface area contributed by atoms with Crippen molar-refractivity contribution in [1.29, 1.82) is 0 Å². The molecule has 5 nitrogen and oxygen atoms in total. The van der Waals surface area contributed by atoms with E-state index in [0.29, 0.717) is 11.7 Å². The van der Waals surface area contributed by atoms with Gasteiger partial charge in [-0.3, -0.25) is 9.69 Å². The molecular weight excluding hydrogens is 338 g/mol. The molecule has 3 aromatic rings. The van der Waals surface area contributed by atoms with Crippen LogP contribution in [-0.4, -0.2) is 35.1 Å². The van der Waals surface area contributed by atoms with Crippen LogP contribution >= 0.6 is 0 Å². The van der Waals surface area contributed by atoms with Gasteiger partial charge in [0.25, 0.3) is 5.56 Å². The molecule has 140 valence electrons. The first-order valence-corrected chi connectivity index (χ1v) is 9.49. The normalized spacial score (nSPS) is 15.9. The number of piperidine rings is 1. The van der Waals surface area contributed by atoms with Gasteiger partial charge in [0.1, 0.15) is 11.6 Å². The summed E-state index contributed by atoms with van der Waals surface area (Å²) in [7, 11) is 1.74. The Labute approximate surface area is 159 Å². The molecule has 1 N–H and O–H groups in total. The Bertz CT molecular complexity index is 1000. The number of methoxy groups -OCH3 is 1. The monoisotopic (exact) mass is 363 g/mol. The van der Waals surface area contributed by atoms with Gasteiger partial charge in [-0.25, -0.2) is 4.98 Å². The van der Waals surface area contributed by atoms with Gasteiger partial charge in [0.2, 0.25) is 0 Å². The highest BCUT2D eigenvalue weighted by Crippen LogP contribution is 2.32. The highest BCUT2D eigenvalue weighted by molar-refractivity contribution is 5.87. The topological polar surface area (TPSA) is 58.2 Å².